The van der Waals surface area contributed by atoms with E-state index in [1.54, 1.807) is 4.68 Å². The second kappa shape index (κ2) is 8.66. The number of carbonyl (C=O) groups excluding carboxylic acids is 1. The Morgan fingerprint density at radius 2 is 1.69 bits per heavy atom. The fourth-order valence-electron chi connectivity index (χ4n) is 4.73. The number of benzene rings is 3. The van der Waals surface area contributed by atoms with E-state index in [2.05, 4.69) is 9.97 Å². The first kappa shape index (κ1) is 21.5. The summed E-state index contributed by atoms with van der Waals surface area (Å²) in [5.41, 5.74) is 17.4. The normalized spacial score (nSPS) is 14.9. The van der Waals surface area contributed by atoms with Gasteiger partial charge in [0.2, 0.25) is 0 Å². The molecule has 1 atom stereocenters. The van der Waals surface area contributed by atoms with E-state index in [1.165, 1.54) is 6.33 Å². The van der Waals surface area contributed by atoms with Crippen LogP contribution in [0.1, 0.15) is 17.0 Å². The third kappa shape index (κ3) is 3.56. The van der Waals surface area contributed by atoms with Crippen molar-refractivity contribution in [2.75, 3.05) is 11.5 Å². The minimum absolute atomic E-state index is 0.234. The molecule has 0 fully saturated rings. The van der Waals surface area contributed by atoms with Crippen LogP contribution in [0.25, 0.3) is 27.9 Å². The number of nitrogens with two attached hydrogens (primary N) is 2. The highest BCUT2D eigenvalue weighted by Gasteiger charge is 2.31. The van der Waals surface area contributed by atoms with Gasteiger partial charge >= 0.3 is 0 Å². The highest BCUT2D eigenvalue weighted by molar-refractivity contribution is 5.98. The average Bonchev–Trinajstić information content (AvgIpc) is 3.28. The van der Waals surface area contributed by atoms with E-state index in [9.17, 15) is 4.79 Å². The average molecular weight is 475 g/mol. The molecular formula is C28H22N6O2. The van der Waals surface area contributed by atoms with Gasteiger partial charge < -0.3 is 21.0 Å². The Labute approximate surface area is 206 Å². The van der Waals surface area contributed by atoms with Crippen LogP contribution in [0.2, 0.25) is 0 Å². The quantitative estimate of drug-likeness (QED) is 0.285. The first-order chi connectivity index (χ1) is 17.6. The number of hydrogen-bond acceptors (Lipinski definition) is 7. The topological polar surface area (TPSA) is 122 Å². The first-order valence-electron chi connectivity index (χ1n) is 11.5. The maximum absolute atomic E-state index is 12.4. The monoisotopic (exact) mass is 474 g/mol. The van der Waals surface area contributed by atoms with Gasteiger partial charge in [0.15, 0.2) is 5.65 Å². The van der Waals surface area contributed by atoms with Crippen LogP contribution >= 0.6 is 0 Å². The number of carbonyl (C=O) groups is 1. The summed E-state index contributed by atoms with van der Waals surface area (Å²) in [7, 11) is 0. The third-order valence-corrected chi connectivity index (χ3v) is 6.33. The zero-order chi connectivity index (χ0) is 24.6. The summed E-state index contributed by atoms with van der Waals surface area (Å²) in [5, 5.41) is 5.50. The maximum atomic E-state index is 12.4. The Bertz CT molecular complexity index is 1640. The van der Waals surface area contributed by atoms with E-state index in [0.29, 0.717) is 39.7 Å². The highest BCUT2D eigenvalue weighted by atomic mass is 16.5. The standard InChI is InChI=1S/C28H22N6O2/c29-19-10-6-9-18(13-19)26-25-27(30)31-16-32-28(25)34(33-26)14-23-24(17-7-2-1-3-8-17)21(15-35)20-11-4-5-12-22(20)36-23/h1-13,15-16,21H,14,29H2,(H2,30,31,32). The van der Waals surface area contributed by atoms with Gasteiger partial charge in [-0.15, -0.1) is 0 Å². The predicted molar refractivity (Wildman–Crippen MR) is 139 cm³/mol. The molecule has 0 saturated heterocycles. The first-order valence-corrected chi connectivity index (χ1v) is 11.5. The van der Waals surface area contributed by atoms with Gasteiger partial charge in [-0.25, -0.2) is 14.6 Å². The summed E-state index contributed by atoms with van der Waals surface area (Å²) in [6, 6.07) is 24.8. The van der Waals surface area contributed by atoms with Crippen LogP contribution in [0.3, 0.4) is 0 Å². The van der Waals surface area contributed by atoms with Gasteiger partial charge in [0, 0.05) is 22.4 Å². The zero-order valence-electron chi connectivity index (χ0n) is 19.2. The predicted octanol–water partition coefficient (Wildman–Crippen LogP) is 4.44. The number of aldehydes is 1. The van der Waals surface area contributed by atoms with Crippen LogP contribution in [-0.4, -0.2) is 26.0 Å². The Kier molecular flexibility index (Phi) is 5.19. The Hall–Kier alpha value is -4.98. The second-order valence-corrected chi connectivity index (χ2v) is 8.55. The van der Waals surface area contributed by atoms with Crippen molar-refractivity contribution in [1.82, 2.24) is 19.7 Å². The van der Waals surface area contributed by atoms with Crippen molar-refractivity contribution in [3.8, 4) is 17.0 Å². The lowest BCUT2D eigenvalue weighted by Gasteiger charge is -2.28. The summed E-state index contributed by atoms with van der Waals surface area (Å²) in [6.07, 6.45) is 2.37. The molecule has 176 valence electrons. The lowest BCUT2D eigenvalue weighted by atomic mass is 9.84. The minimum atomic E-state index is -0.484. The van der Waals surface area contributed by atoms with Gasteiger partial charge in [-0.1, -0.05) is 60.7 Å². The molecule has 1 unspecified atom stereocenters. The molecule has 3 heterocycles. The number of para-hydroxylation sites is 1. The summed E-state index contributed by atoms with van der Waals surface area (Å²) in [6.45, 7) is 0.234. The number of nitrogens with zero attached hydrogens (tertiary/aromatic N) is 4. The van der Waals surface area contributed by atoms with E-state index >= 15 is 0 Å². The van der Waals surface area contributed by atoms with Crippen molar-refractivity contribution in [2.24, 2.45) is 0 Å². The van der Waals surface area contributed by atoms with Gasteiger partial charge in [0.25, 0.3) is 0 Å². The van der Waals surface area contributed by atoms with E-state index in [1.807, 2.05) is 78.9 Å². The fourth-order valence-corrected chi connectivity index (χ4v) is 4.73. The number of nitrogen functional groups attached to an aromatic ring is 2. The van der Waals surface area contributed by atoms with Gasteiger partial charge in [-0.3, -0.25) is 0 Å². The molecule has 2 aromatic heterocycles. The van der Waals surface area contributed by atoms with Crippen molar-refractivity contribution in [2.45, 2.75) is 12.5 Å². The molecule has 8 nitrogen and oxygen atoms in total. The Morgan fingerprint density at radius 3 is 2.50 bits per heavy atom. The van der Waals surface area contributed by atoms with Gasteiger partial charge in [0.05, 0.1) is 11.3 Å². The largest absolute Gasteiger partial charge is 0.459 e. The molecular weight excluding hydrogens is 452 g/mol. The Morgan fingerprint density at radius 1 is 0.917 bits per heavy atom. The van der Waals surface area contributed by atoms with Crippen LogP contribution in [0.5, 0.6) is 5.75 Å². The van der Waals surface area contributed by atoms with Crippen molar-refractivity contribution in [3.05, 3.63) is 102 Å². The molecule has 1 aliphatic rings. The molecule has 4 N–H and O–H groups in total. The van der Waals surface area contributed by atoms with E-state index in [-0.39, 0.29) is 6.54 Å². The van der Waals surface area contributed by atoms with Crippen LogP contribution in [0.4, 0.5) is 11.5 Å². The van der Waals surface area contributed by atoms with Gasteiger partial charge in [-0.2, -0.15) is 5.10 Å². The molecule has 0 amide bonds. The number of hydrogen-bond donors (Lipinski definition) is 2. The summed E-state index contributed by atoms with van der Waals surface area (Å²) in [5.74, 6) is 1.09. The number of allylic oxidation sites excluding steroid dienone is 2. The summed E-state index contributed by atoms with van der Waals surface area (Å²) < 4.78 is 8.15. The SMILES string of the molecule is Nc1cccc(-c2nn(CC3=C(c4ccccc4)C(C=O)c4ccccc4O3)c3ncnc(N)c23)c1. The smallest absolute Gasteiger partial charge is 0.164 e. The Balaban J connectivity index is 1.55. The van der Waals surface area contributed by atoms with Crippen LogP contribution < -0.4 is 16.2 Å². The van der Waals surface area contributed by atoms with Crippen molar-refractivity contribution < 1.29 is 9.53 Å². The van der Waals surface area contributed by atoms with Crippen molar-refractivity contribution in [3.63, 3.8) is 0 Å². The van der Waals surface area contributed by atoms with E-state index in [0.717, 1.165) is 28.5 Å². The molecule has 0 bridgehead atoms. The van der Waals surface area contributed by atoms with Gasteiger partial charge in [-0.05, 0) is 23.8 Å². The van der Waals surface area contributed by atoms with Crippen LogP contribution in [0.15, 0.2) is 90.9 Å². The van der Waals surface area contributed by atoms with E-state index < -0.39 is 5.92 Å². The highest BCUT2D eigenvalue weighted by Crippen LogP contribution is 2.43. The fraction of sp³-hybridized carbons (Fsp3) is 0.0714. The summed E-state index contributed by atoms with van der Waals surface area (Å²) >= 11 is 0. The van der Waals surface area contributed by atoms with Crippen molar-refractivity contribution >= 4 is 34.4 Å². The molecule has 6 rings (SSSR count). The molecule has 0 radical (unpaired) electrons. The number of rotatable bonds is 5. The number of ether oxygens (including phenoxy) is 1. The number of anilines is 2. The summed E-state index contributed by atoms with van der Waals surface area (Å²) in [4.78, 5) is 21.1. The molecule has 0 saturated carbocycles. The number of fused-ring (bicyclic) bond motifs is 2. The van der Waals surface area contributed by atoms with Gasteiger partial charge in [0.1, 0.15) is 42.2 Å². The number of aromatic nitrogens is 4. The zero-order valence-corrected chi connectivity index (χ0v) is 19.2. The maximum Gasteiger partial charge on any atom is 0.164 e. The molecule has 36 heavy (non-hydrogen) atoms. The second-order valence-electron chi connectivity index (χ2n) is 8.55. The molecule has 5 aromatic rings. The lowest BCUT2D eigenvalue weighted by molar-refractivity contribution is -0.108. The molecule has 0 aliphatic carbocycles. The molecule has 3 aromatic carbocycles. The lowest BCUT2D eigenvalue weighted by Crippen LogP contribution is -2.20. The minimum Gasteiger partial charge on any atom is -0.459 e. The van der Waals surface area contributed by atoms with Crippen molar-refractivity contribution in [1.29, 1.82) is 0 Å². The molecule has 8 heteroatoms. The molecule has 0 spiro atoms. The molecule has 1 aliphatic heterocycles. The third-order valence-electron chi connectivity index (χ3n) is 6.33. The van der Waals surface area contributed by atoms with Crippen LogP contribution in [-0.2, 0) is 11.3 Å². The van der Waals surface area contributed by atoms with E-state index in [4.69, 9.17) is 21.3 Å². The van der Waals surface area contributed by atoms with Crippen LogP contribution in [0, 0.1) is 0 Å².